The second-order valence-electron chi connectivity index (χ2n) is 5.58. The van der Waals surface area contributed by atoms with E-state index in [0.717, 1.165) is 19.5 Å². The molecule has 18 heavy (non-hydrogen) atoms. The Labute approximate surface area is 114 Å². The zero-order valence-electron chi connectivity index (χ0n) is 13.2. The molecule has 0 aromatic heterocycles. The van der Waals surface area contributed by atoms with Gasteiger partial charge in [-0.3, -0.25) is 4.79 Å². The van der Waals surface area contributed by atoms with Crippen LogP contribution in [0.2, 0.25) is 0 Å². The van der Waals surface area contributed by atoms with Gasteiger partial charge in [-0.05, 0) is 33.2 Å². The molecule has 3 heteroatoms. The lowest BCUT2D eigenvalue weighted by Crippen LogP contribution is -2.39. The van der Waals surface area contributed by atoms with Crippen molar-refractivity contribution in [3.63, 3.8) is 0 Å². The van der Waals surface area contributed by atoms with E-state index in [1.807, 2.05) is 20.9 Å². The molecule has 1 aliphatic rings. The van der Waals surface area contributed by atoms with E-state index in [9.17, 15) is 4.79 Å². The van der Waals surface area contributed by atoms with Gasteiger partial charge < -0.3 is 9.80 Å². The van der Waals surface area contributed by atoms with Crippen molar-refractivity contribution < 1.29 is 4.79 Å². The summed E-state index contributed by atoms with van der Waals surface area (Å²) in [5, 5.41) is 0. The fourth-order valence-electron chi connectivity index (χ4n) is 2.92. The lowest BCUT2D eigenvalue weighted by molar-refractivity contribution is -0.118. The van der Waals surface area contributed by atoms with Gasteiger partial charge in [-0.1, -0.05) is 27.2 Å². The molecule has 0 aromatic carbocycles. The van der Waals surface area contributed by atoms with Crippen LogP contribution in [0.5, 0.6) is 0 Å². The lowest BCUT2D eigenvalue weighted by Gasteiger charge is -2.33. The Morgan fingerprint density at radius 2 is 2.00 bits per heavy atom. The number of likely N-dealkylation sites (tertiary alicyclic amines) is 1. The summed E-state index contributed by atoms with van der Waals surface area (Å²) in [4.78, 5) is 15.1. The first-order valence-corrected chi connectivity index (χ1v) is 7.42. The van der Waals surface area contributed by atoms with Crippen molar-refractivity contribution in [2.75, 3.05) is 26.7 Å². The number of rotatable bonds is 6. The minimum absolute atomic E-state index is 0.342. The Kier molecular flexibility index (Phi) is 8.25. The van der Waals surface area contributed by atoms with Crippen molar-refractivity contribution in [3.8, 4) is 0 Å². The molecule has 1 amide bonds. The summed E-state index contributed by atoms with van der Waals surface area (Å²) in [6.45, 7) is 14.0. The number of carbonyl (C=O) groups excluding carboxylic acids is 1. The van der Waals surface area contributed by atoms with E-state index in [2.05, 4.69) is 25.7 Å². The van der Waals surface area contributed by atoms with Gasteiger partial charge in [-0.2, -0.15) is 0 Å². The van der Waals surface area contributed by atoms with Gasteiger partial charge in [0.15, 0.2) is 0 Å². The van der Waals surface area contributed by atoms with Gasteiger partial charge in [0.05, 0.1) is 0 Å². The average molecular weight is 256 g/mol. The molecule has 1 unspecified atom stereocenters. The van der Waals surface area contributed by atoms with Crippen molar-refractivity contribution >= 4 is 6.41 Å². The minimum Gasteiger partial charge on any atom is -0.348 e. The highest BCUT2D eigenvalue weighted by atomic mass is 16.1. The van der Waals surface area contributed by atoms with Crippen molar-refractivity contribution in [1.29, 1.82) is 0 Å². The molecule has 0 aromatic rings. The predicted molar refractivity (Wildman–Crippen MR) is 78.7 cm³/mol. The van der Waals surface area contributed by atoms with Gasteiger partial charge in [0.25, 0.3) is 0 Å². The van der Waals surface area contributed by atoms with Crippen molar-refractivity contribution in [1.82, 2.24) is 9.80 Å². The number of amides is 1. The summed E-state index contributed by atoms with van der Waals surface area (Å²) in [6.07, 6.45) is 4.62. The summed E-state index contributed by atoms with van der Waals surface area (Å²) < 4.78 is 0. The van der Waals surface area contributed by atoms with E-state index in [4.69, 9.17) is 0 Å². The molecule has 0 saturated carbocycles. The molecule has 0 radical (unpaired) electrons. The minimum atomic E-state index is 0.342. The van der Waals surface area contributed by atoms with Gasteiger partial charge in [0.2, 0.25) is 6.41 Å². The smallest absolute Gasteiger partial charge is 0.209 e. The lowest BCUT2D eigenvalue weighted by atomic mass is 9.82. The van der Waals surface area contributed by atoms with E-state index in [1.165, 1.54) is 25.8 Å². The van der Waals surface area contributed by atoms with Crippen LogP contribution in [0, 0.1) is 5.41 Å². The van der Waals surface area contributed by atoms with Gasteiger partial charge in [0, 0.05) is 31.6 Å². The monoisotopic (exact) mass is 256 g/mol. The summed E-state index contributed by atoms with van der Waals surface area (Å²) in [6, 6.07) is 0.625. The highest BCUT2D eigenvalue weighted by Gasteiger charge is 2.38. The normalized spacial score (nSPS) is 23.7. The Balaban J connectivity index is 0.00000137. The second kappa shape index (κ2) is 8.52. The molecule has 0 N–H and O–H groups in total. The molecule has 1 fully saturated rings. The molecule has 1 saturated heterocycles. The molecule has 1 rings (SSSR count). The first-order valence-electron chi connectivity index (χ1n) is 7.42. The van der Waals surface area contributed by atoms with Crippen LogP contribution in [-0.2, 0) is 4.79 Å². The third kappa shape index (κ3) is 4.97. The van der Waals surface area contributed by atoms with Crippen LogP contribution in [0.1, 0.15) is 53.9 Å². The fourth-order valence-corrected chi connectivity index (χ4v) is 2.92. The molecule has 0 aliphatic carbocycles. The topological polar surface area (TPSA) is 23.6 Å². The molecule has 0 bridgehead atoms. The first kappa shape index (κ1) is 17.4. The van der Waals surface area contributed by atoms with Crippen molar-refractivity contribution in [3.05, 3.63) is 0 Å². The van der Waals surface area contributed by atoms with Crippen LogP contribution < -0.4 is 0 Å². The summed E-state index contributed by atoms with van der Waals surface area (Å²) in [5.41, 5.74) is 0.342. The maximum absolute atomic E-state index is 10.8. The van der Waals surface area contributed by atoms with E-state index in [0.29, 0.717) is 11.5 Å². The van der Waals surface area contributed by atoms with E-state index in [1.54, 1.807) is 4.90 Å². The van der Waals surface area contributed by atoms with E-state index < -0.39 is 0 Å². The molecular weight excluding hydrogens is 224 g/mol. The average Bonchev–Trinajstić information content (AvgIpc) is 2.76. The highest BCUT2D eigenvalue weighted by Crippen LogP contribution is 2.36. The summed E-state index contributed by atoms with van der Waals surface area (Å²) in [7, 11) is 1.89. The molecular formula is C15H32N2O. The molecule has 108 valence electrons. The highest BCUT2D eigenvalue weighted by molar-refractivity contribution is 5.46. The van der Waals surface area contributed by atoms with Gasteiger partial charge in [-0.25, -0.2) is 0 Å². The Morgan fingerprint density at radius 3 is 2.39 bits per heavy atom. The quantitative estimate of drug-likeness (QED) is 0.682. The van der Waals surface area contributed by atoms with Crippen LogP contribution in [-0.4, -0.2) is 48.9 Å². The van der Waals surface area contributed by atoms with E-state index >= 15 is 0 Å². The molecule has 0 spiro atoms. The van der Waals surface area contributed by atoms with Crippen molar-refractivity contribution in [2.45, 2.75) is 59.9 Å². The summed E-state index contributed by atoms with van der Waals surface area (Å²) >= 11 is 0. The molecule has 1 aliphatic heterocycles. The third-order valence-corrected chi connectivity index (χ3v) is 3.74. The third-order valence-electron chi connectivity index (χ3n) is 3.74. The number of hydrogen-bond donors (Lipinski definition) is 0. The maximum Gasteiger partial charge on any atom is 0.209 e. The number of hydrogen-bond acceptors (Lipinski definition) is 2. The van der Waals surface area contributed by atoms with E-state index in [-0.39, 0.29) is 0 Å². The Bertz CT molecular complexity index is 231. The standard InChI is InChI=1S/C13H26N2O.C2H6/c1-5-6-13(9-14(4)11-16)7-8-15(10-13)12(2)3;1-2/h11-12H,5-10H2,1-4H3;1-2H3. The van der Waals surface area contributed by atoms with Gasteiger partial charge in [-0.15, -0.1) is 0 Å². The largest absolute Gasteiger partial charge is 0.348 e. The molecule has 3 nitrogen and oxygen atoms in total. The second-order valence-corrected chi connectivity index (χ2v) is 5.58. The van der Waals surface area contributed by atoms with Crippen LogP contribution in [0.15, 0.2) is 0 Å². The number of carbonyl (C=O) groups is 1. The van der Waals surface area contributed by atoms with Gasteiger partial charge >= 0.3 is 0 Å². The summed E-state index contributed by atoms with van der Waals surface area (Å²) in [5.74, 6) is 0. The zero-order valence-corrected chi connectivity index (χ0v) is 13.2. The van der Waals surface area contributed by atoms with Crippen molar-refractivity contribution in [2.24, 2.45) is 5.41 Å². The first-order chi connectivity index (χ1) is 8.53. The Morgan fingerprint density at radius 1 is 1.39 bits per heavy atom. The van der Waals surface area contributed by atoms with Gasteiger partial charge in [0.1, 0.15) is 0 Å². The molecule has 1 heterocycles. The maximum atomic E-state index is 10.8. The SMILES string of the molecule is CC.CCCC1(CN(C)C=O)CCN(C(C)C)C1. The molecule has 1 atom stereocenters. The van der Waals surface area contributed by atoms with Crippen LogP contribution >= 0.6 is 0 Å². The predicted octanol–water partition coefficient (Wildman–Crippen LogP) is 3.00. The number of nitrogens with zero attached hydrogens (tertiary/aromatic N) is 2. The fraction of sp³-hybridized carbons (Fsp3) is 0.933. The Hall–Kier alpha value is -0.570. The van der Waals surface area contributed by atoms with Crippen LogP contribution in [0.4, 0.5) is 0 Å². The van der Waals surface area contributed by atoms with Crippen LogP contribution in [0.25, 0.3) is 0 Å². The zero-order chi connectivity index (χ0) is 14.2. The van der Waals surface area contributed by atoms with Crippen LogP contribution in [0.3, 0.4) is 0 Å².